The number of hydrogen-bond donors (Lipinski definition) is 1. The van der Waals surface area contributed by atoms with Gasteiger partial charge in [-0.15, -0.1) is 0 Å². The lowest BCUT2D eigenvalue weighted by atomic mass is 9.88. The molecule has 0 saturated heterocycles. The third-order valence-electron chi connectivity index (χ3n) is 6.93. The predicted molar refractivity (Wildman–Crippen MR) is 210 cm³/mol. The van der Waals surface area contributed by atoms with Crippen LogP contribution >= 0.6 is 0 Å². The molecule has 9 heteroatoms. The molecule has 4 aromatic heterocycles. The first-order chi connectivity index (χ1) is 22.7. The molecular formula is C40H67N7O2. The largest absolute Gasteiger partial charge is 0.357 e. The van der Waals surface area contributed by atoms with Crippen LogP contribution in [0.15, 0.2) is 77.1 Å². The van der Waals surface area contributed by atoms with Crippen LogP contribution in [0.25, 0.3) is 0 Å². The van der Waals surface area contributed by atoms with E-state index in [-0.39, 0.29) is 27.4 Å². The predicted octanol–water partition coefficient (Wildman–Crippen LogP) is 8.83. The van der Waals surface area contributed by atoms with Gasteiger partial charge in [-0.1, -0.05) is 110 Å². The molecular weight excluding hydrogens is 610 g/mol. The molecule has 0 aliphatic carbocycles. The van der Waals surface area contributed by atoms with E-state index in [1.807, 2.05) is 77.7 Å². The Kier molecular flexibility index (Phi) is 21.6. The maximum atomic E-state index is 11.2. The Hall–Kier alpha value is -4.14. The van der Waals surface area contributed by atoms with Crippen LogP contribution in [-0.2, 0) is 30.3 Å². The van der Waals surface area contributed by atoms with E-state index in [0.717, 1.165) is 5.56 Å². The van der Waals surface area contributed by atoms with E-state index >= 15 is 0 Å². The Labute approximate surface area is 297 Å². The molecule has 9 nitrogen and oxygen atoms in total. The van der Waals surface area contributed by atoms with Crippen molar-refractivity contribution in [2.24, 2.45) is 14.1 Å². The number of rotatable bonds is 2. The van der Waals surface area contributed by atoms with E-state index < -0.39 is 0 Å². The summed E-state index contributed by atoms with van der Waals surface area (Å²) in [7, 11) is 5.34. The van der Waals surface area contributed by atoms with Crippen LogP contribution in [0.3, 0.4) is 0 Å². The van der Waals surface area contributed by atoms with Gasteiger partial charge in [0.25, 0.3) is 5.56 Å². The molecule has 0 aliphatic heterocycles. The van der Waals surface area contributed by atoms with Gasteiger partial charge in [0.15, 0.2) is 0 Å². The summed E-state index contributed by atoms with van der Waals surface area (Å²) in [4.78, 5) is 30.5. The molecule has 0 fully saturated rings. The SMILES string of the molecule is CC.CC.CC(C)(C)c1ccnnc1.CNc1ncc(C(C)C)cn1.Cn1cc(C(C)(C)C)ccc1=O.Cn1ccc(C(C)(C)C)cc1=O. The van der Waals surface area contributed by atoms with Gasteiger partial charge in [-0.3, -0.25) is 9.59 Å². The fraction of sp³-hybridized carbons (Fsp3) is 0.550. The molecule has 0 amide bonds. The zero-order chi connectivity index (χ0) is 38.6. The number of aromatic nitrogens is 6. The van der Waals surface area contributed by atoms with Gasteiger partial charge in [0.1, 0.15) is 0 Å². The highest BCUT2D eigenvalue weighted by atomic mass is 16.1. The second-order valence-corrected chi connectivity index (χ2v) is 14.4. The number of hydrogen-bond acceptors (Lipinski definition) is 7. The summed E-state index contributed by atoms with van der Waals surface area (Å²) in [6.45, 7) is 31.4. The van der Waals surface area contributed by atoms with Crippen molar-refractivity contribution in [2.75, 3.05) is 12.4 Å². The number of pyridine rings is 2. The van der Waals surface area contributed by atoms with Crippen LogP contribution in [0.2, 0.25) is 0 Å². The van der Waals surface area contributed by atoms with Crippen molar-refractivity contribution in [3.05, 3.63) is 110 Å². The first-order valence-electron chi connectivity index (χ1n) is 17.3. The molecule has 0 radical (unpaired) electrons. The Morgan fingerprint density at radius 3 is 1.49 bits per heavy atom. The van der Waals surface area contributed by atoms with Crippen LogP contribution in [0.1, 0.15) is 132 Å². The third-order valence-corrected chi connectivity index (χ3v) is 6.93. The van der Waals surface area contributed by atoms with E-state index in [1.54, 1.807) is 47.8 Å². The van der Waals surface area contributed by atoms with Crippen LogP contribution < -0.4 is 16.4 Å². The minimum Gasteiger partial charge on any atom is -0.357 e. The van der Waals surface area contributed by atoms with E-state index in [4.69, 9.17) is 0 Å². The summed E-state index contributed by atoms with van der Waals surface area (Å²) >= 11 is 0. The van der Waals surface area contributed by atoms with Crippen molar-refractivity contribution in [1.29, 1.82) is 0 Å². The smallest absolute Gasteiger partial charge is 0.250 e. The molecule has 0 bridgehead atoms. The average Bonchev–Trinajstić information content (AvgIpc) is 3.05. The van der Waals surface area contributed by atoms with Crippen molar-refractivity contribution in [3.63, 3.8) is 0 Å². The highest BCUT2D eigenvalue weighted by Crippen LogP contribution is 2.21. The molecule has 0 aliphatic rings. The second kappa shape index (κ2) is 22.5. The zero-order valence-electron chi connectivity index (χ0n) is 33.9. The van der Waals surface area contributed by atoms with Crippen molar-refractivity contribution in [2.45, 2.75) is 126 Å². The van der Waals surface area contributed by atoms with Gasteiger partial charge >= 0.3 is 0 Å². The quantitative estimate of drug-likeness (QED) is 0.226. The summed E-state index contributed by atoms with van der Waals surface area (Å²) in [5.41, 5.74) is 5.14. The lowest BCUT2D eigenvalue weighted by Crippen LogP contribution is -2.20. The molecule has 274 valence electrons. The monoisotopic (exact) mass is 678 g/mol. The third kappa shape index (κ3) is 18.8. The highest BCUT2D eigenvalue weighted by molar-refractivity contribution is 5.24. The minimum atomic E-state index is 0.0444. The van der Waals surface area contributed by atoms with E-state index in [2.05, 4.69) is 102 Å². The van der Waals surface area contributed by atoms with Crippen molar-refractivity contribution in [3.8, 4) is 0 Å². The van der Waals surface area contributed by atoms with Gasteiger partial charge < -0.3 is 14.5 Å². The number of aryl methyl sites for hydroxylation is 2. The summed E-state index contributed by atoms with van der Waals surface area (Å²) in [5.74, 6) is 1.18. The lowest BCUT2D eigenvalue weighted by Gasteiger charge is -2.19. The molecule has 4 heterocycles. The number of nitrogens with one attached hydrogen (secondary N) is 1. The maximum absolute atomic E-state index is 11.2. The number of anilines is 1. The minimum absolute atomic E-state index is 0.0444. The Morgan fingerprint density at radius 2 is 1.14 bits per heavy atom. The first-order valence-corrected chi connectivity index (χ1v) is 17.3. The molecule has 0 saturated carbocycles. The van der Waals surface area contributed by atoms with Gasteiger partial charge in [-0.2, -0.15) is 10.2 Å². The summed E-state index contributed by atoms with van der Waals surface area (Å²) in [6.07, 6.45) is 10.9. The molecule has 49 heavy (non-hydrogen) atoms. The number of nitrogens with zero attached hydrogens (tertiary/aromatic N) is 6. The van der Waals surface area contributed by atoms with Crippen molar-refractivity contribution in [1.82, 2.24) is 29.3 Å². The molecule has 0 aromatic carbocycles. The van der Waals surface area contributed by atoms with Gasteiger partial charge in [0.2, 0.25) is 11.5 Å². The Balaban J connectivity index is 0. The molecule has 0 atom stereocenters. The van der Waals surface area contributed by atoms with Crippen LogP contribution in [-0.4, -0.2) is 36.3 Å². The lowest BCUT2D eigenvalue weighted by molar-refractivity contribution is 0.580. The van der Waals surface area contributed by atoms with Crippen molar-refractivity contribution < 1.29 is 0 Å². The molecule has 0 unspecified atom stereocenters. The fourth-order valence-corrected chi connectivity index (χ4v) is 3.55. The summed E-state index contributed by atoms with van der Waals surface area (Å²) < 4.78 is 3.19. The van der Waals surface area contributed by atoms with Crippen LogP contribution in [0.5, 0.6) is 0 Å². The molecule has 1 N–H and O–H groups in total. The second-order valence-electron chi connectivity index (χ2n) is 14.4. The first kappa shape index (κ1) is 47.0. The topological polar surface area (TPSA) is 108 Å². The van der Waals surface area contributed by atoms with Crippen LogP contribution in [0.4, 0.5) is 5.95 Å². The van der Waals surface area contributed by atoms with Gasteiger partial charge in [-0.25, -0.2) is 9.97 Å². The summed E-state index contributed by atoms with van der Waals surface area (Å²) in [6, 6.07) is 9.18. The fourth-order valence-electron chi connectivity index (χ4n) is 3.55. The Morgan fingerprint density at radius 1 is 0.633 bits per heavy atom. The normalized spacial score (nSPS) is 10.6. The van der Waals surface area contributed by atoms with Crippen molar-refractivity contribution >= 4 is 5.95 Å². The van der Waals surface area contributed by atoms with E-state index in [1.165, 1.54) is 16.7 Å². The van der Waals surface area contributed by atoms with Crippen LogP contribution in [0, 0.1) is 0 Å². The van der Waals surface area contributed by atoms with Gasteiger partial charge in [0, 0.05) is 64.3 Å². The van der Waals surface area contributed by atoms with E-state index in [0.29, 0.717) is 11.9 Å². The average molecular weight is 678 g/mol. The zero-order valence-corrected chi connectivity index (χ0v) is 33.9. The standard InChI is InChI=1S/2C10H15NO.C8H13N3.C8H12N2.2C2H6/c1-10(2,3)8-5-6-11(4)9(12)7-8;1-10(2,3)8-5-6-9(12)11(4)7-8;1-6(2)7-4-10-8(9-3)11-5-7;1-8(2,3)7-4-5-9-10-6-7;2*1-2/h2*5-7H,1-4H3;4-6H,1-3H3,(H,9,10,11);4-6H,1-3H3;2*1-2H3. The molecule has 4 rings (SSSR count). The highest BCUT2D eigenvalue weighted by Gasteiger charge is 2.15. The van der Waals surface area contributed by atoms with Gasteiger partial charge in [-0.05, 0) is 56.5 Å². The van der Waals surface area contributed by atoms with E-state index in [9.17, 15) is 9.59 Å². The molecule has 4 aromatic rings. The molecule has 0 spiro atoms. The Bertz CT molecular complexity index is 1550. The maximum Gasteiger partial charge on any atom is 0.250 e. The van der Waals surface area contributed by atoms with Gasteiger partial charge in [0.05, 0.1) is 6.20 Å². The summed E-state index contributed by atoms with van der Waals surface area (Å²) in [5, 5.41) is 10.4.